The molecule has 3 aromatic rings. The average molecular weight is 339 g/mol. The molecule has 0 saturated carbocycles. The number of ketones is 1. The number of H-pyrrole nitrogens is 1. The molecule has 0 radical (unpaired) electrons. The van der Waals surface area contributed by atoms with Crippen LogP contribution in [0, 0.1) is 13.8 Å². The molecule has 0 unspecified atom stereocenters. The van der Waals surface area contributed by atoms with Crippen molar-refractivity contribution in [3.05, 3.63) is 46.3 Å². The number of hydrogen-bond donors (Lipinski definition) is 2. The van der Waals surface area contributed by atoms with E-state index in [-0.39, 0.29) is 11.7 Å². The monoisotopic (exact) mass is 339 g/mol. The molecule has 2 heterocycles. The van der Waals surface area contributed by atoms with Gasteiger partial charge in [0.1, 0.15) is 5.69 Å². The predicted octanol–water partition coefficient (Wildman–Crippen LogP) is 4.01. The number of aryl methyl sites for hydroxylation is 2. The van der Waals surface area contributed by atoms with Crippen molar-refractivity contribution in [3.8, 4) is 0 Å². The number of anilines is 1. The van der Waals surface area contributed by atoms with Gasteiger partial charge in [-0.2, -0.15) is 0 Å². The molecule has 122 valence electrons. The third-order valence-corrected chi connectivity index (χ3v) is 5.36. The van der Waals surface area contributed by atoms with E-state index < -0.39 is 0 Å². The van der Waals surface area contributed by atoms with Gasteiger partial charge in [0.2, 0.25) is 0 Å². The molecule has 1 amide bonds. The fourth-order valence-electron chi connectivity index (χ4n) is 3.25. The molecule has 0 aliphatic heterocycles. The van der Waals surface area contributed by atoms with Crippen LogP contribution in [0.1, 0.15) is 50.5 Å². The van der Waals surface area contributed by atoms with Crippen molar-refractivity contribution >= 4 is 38.4 Å². The summed E-state index contributed by atoms with van der Waals surface area (Å²) in [7, 11) is 0. The Labute approximate surface area is 143 Å². The summed E-state index contributed by atoms with van der Waals surface area (Å²) in [5.41, 5.74) is 4.82. The lowest BCUT2D eigenvalue weighted by molar-refractivity contribution is 0.0971. The molecule has 5 nitrogen and oxygen atoms in total. The second-order valence-electron chi connectivity index (χ2n) is 6.20. The summed E-state index contributed by atoms with van der Waals surface area (Å²) in [5, 5.41) is 3.43. The number of rotatable bonds is 2. The third kappa shape index (κ3) is 2.43. The quantitative estimate of drug-likeness (QED) is 0.740. The van der Waals surface area contributed by atoms with Crippen molar-refractivity contribution in [1.82, 2.24) is 9.97 Å². The number of nitrogens with zero attached hydrogens (tertiary/aromatic N) is 1. The van der Waals surface area contributed by atoms with Gasteiger partial charge in [0.25, 0.3) is 5.91 Å². The second kappa shape index (κ2) is 5.56. The average Bonchev–Trinajstić information content (AvgIpc) is 3.08. The number of Topliss-reactive ketones (excluding diaryl/α,β-unsaturated/α-hetero) is 1. The Bertz CT molecular complexity index is 984. The molecular formula is C18H17N3O2S. The molecule has 1 aliphatic rings. The summed E-state index contributed by atoms with van der Waals surface area (Å²) < 4.78 is 1.04. The maximum absolute atomic E-state index is 12.6. The first-order chi connectivity index (χ1) is 11.5. The van der Waals surface area contributed by atoms with Gasteiger partial charge in [0.05, 0.1) is 10.2 Å². The van der Waals surface area contributed by atoms with E-state index in [0.717, 1.165) is 39.9 Å². The standard InChI is InChI=1S/C18H17N3O2S/c1-9-6-7-11-14(8-9)24-18(20-11)21-17(23)16-10(2)15-12(19-16)4-3-5-13(15)22/h6-8,19H,3-5H2,1-2H3,(H,20,21,23). The van der Waals surface area contributed by atoms with E-state index in [9.17, 15) is 9.59 Å². The van der Waals surface area contributed by atoms with Gasteiger partial charge >= 0.3 is 0 Å². The molecule has 0 bridgehead atoms. The van der Waals surface area contributed by atoms with Crippen LogP contribution in [0.15, 0.2) is 18.2 Å². The third-order valence-electron chi connectivity index (χ3n) is 4.43. The molecule has 1 aromatic carbocycles. The van der Waals surface area contributed by atoms with Crippen LogP contribution in [0.3, 0.4) is 0 Å². The van der Waals surface area contributed by atoms with Crippen LogP contribution >= 0.6 is 11.3 Å². The zero-order chi connectivity index (χ0) is 16.8. The zero-order valence-corrected chi connectivity index (χ0v) is 14.3. The lowest BCUT2D eigenvalue weighted by Gasteiger charge is -2.09. The number of hydrogen-bond acceptors (Lipinski definition) is 4. The Morgan fingerprint density at radius 2 is 2.12 bits per heavy atom. The van der Waals surface area contributed by atoms with E-state index in [1.807, 2.05) is 26.0 Å². The first-order valence-electron chi connectivity index (χ1n) is 7.96. The molecule has 0 saturated heterocycles. The largest absolute Gasteiger partial charge is 0.354 e. The second-order valence-corrected chi connectivity index (χ2v) is 7.23. The summed E-state index contributed by atoms with van der Waals surface area (Å²) in [4.78, 5) is 32.3. The number of fused-ring (bicyclic) bond motifs is 2. The van der Waals surface area contributed by atoms with Crippen LogP contribution in [-0.2, 0) is 6.42 Å². The van der Waals surface area contributed by atoms with E-state index >= 15 is 0 Å². The van der Waals surface area contributed by atoms with Crippen LogP contribution in [0.2, 0.25) is 0 Å². The summed E-state index contributed by atoms with van der Waals surface area (Å²) in [6.07, 6.45) is 2.21. The lowest BCUT2D eigenvalue weighted by Crippen LogP contribution is -2.13. The maximum Gasteiger partial charge on any atom is 0.274 e. The smallest absolute Gasteiger partial charge is 0.274 e. The van der Waals surface area contributed by atoms with Crippen molar-refractivity contribution in [2.45, 2.75) is 33.1 Å². The lowest BCUT2D eigenvalue weighted by atomic mass is 9.94. The van der Waals surface area contributed by atoms with Crippen LogP contribution in [0.25, 0.3) is 10.2 Å². The first kappa shape index (κ1) is 15.1. The molecule has 2 aromatic heterocycles. The highest BCUT2D eigenvalue weighted by atomic mass is 32.1. The van der Waals surface area contributed by atoms with E-state index in [1.165, 1.54) is 11.3 Å². The van der Waals surface area contributed by atoms with Crippen LogP contribution in [-0.4, -0.2) is 21.7 Å². The Kier molecular flexibility index (Phi) is 3.49. The molecule has 0 fully saturated rings. The van der Waals surface area contributed by atoms with Crippen LogP contribution in [0.5, 0.6) is 0 Å². The number of aromatic nitrogens is 2. The zero-order valence-electron chi connectivity index (χ0n) is 13.5. The van der Waals surface area contributed by atoms with Crippen molar-refractivity contribution in [2.75, 3.05) is 5.32 Å². The highest BCUT2D eigenvalue weighted by molar-refractivity contribution is 7.22. The van der Waals surface area contributed by atoms with E-state index in [2.05, 4.69) is 21.4 Å². The normalized spacial score (nSPS) is 14.0. The van der Waals surface area contributed by atoms with Gasteiger partial charge in [0.15, 0.2) is 10.9 Å². The Morgan fingerprint density at radius 3 is 2.92 bits per heavy atom. The number of aromatic amines is 1. The van der Waals surface area contributed by atoms with Gasteiger partial charge in [-0.05, 0) is 49.9 Å². The number of thiazole rings is 1. The first-order valence-corrected chi connectivity index (χ1v) is 8.78. The molecule has 1 aliphatic carbocycles. The summed E-state index contributed by atoms with van der Waals surface area (Å²) >= 11 is 1.45. The van der Waals surface area contributed by atoms with E-state index in [0.29, 0.717) is 22.8 Å². The fourth-order valence-corrected chi connectivity index (χ4v) is 4.21. The highest BCUT2D eigenvalue weighted by Gasteiger charge is 2.26. The predicted molar refractivity (Wildman–Crippen MR) is 95.1 cm³/mol. The van der Waals surface area contributed by atoms with Crippen molar-refractivity contribution in [1.29, 1.82) is 0 Å². The van der Waals surface area contributed by atoms with Crippen LogP contribution in [0.4, 0.5) is 5.13 Å². The van der Waals surface area contributed by atoms with E-state index in [4.69, 9.17) is 0 Å². The molecular weight excluding hydrogens is 322 g/mol. The molecule has 0 spiro atoms. The maximum atomic E-state index is 12.6. The minimum absolute atomic E-state index is 0.125. The Morgan fingerprint density at radius 1 is 1.29 bits per heavy atom. The van der Waals surface area contributed by atoms with Gasteiger partial charge < -0.3 is 4.98 Å². The van der Waals surface area contributed by atoms with E-state index in [1.54, 1.807) is 0 Å². The van der Waals surface area contributed by atoms with Crippen molar-refractivity contribution < 1.29 is 9.59 Å². The molecule has 2 N–H and O–H groups in total. The van der Waals surface area contributed by atoms with Gasteiger partial charge in [-0.1, -0.05) is 17.4 Å². The SMILES string of the molecule is Cc1ccc2nc(NC(=O)c3[nH]c4c(c3C)C(=O)CCC4)sc2c1. The molecule has 24 heavy (non-hydrogen) atoms. The Balaban J connectivity index is 1.65. The number of nitrogens with one attached hydrogen (secondary N) is 2. The molecule has 4 rings (SSSR count). The number of benzene rings is 1. The summed E-state index contributed by atoms with van der Waals surface area (Å²) in [6, 6.07) is 6.01. The topological polar surface area (TPSA) is 74.8 Å². The van der Waals surface area contributed by atoms with Gasteiger partial charge in [0, 0.05) is 17.7 Å². The molecule has 6 heteroatoms. The number of carbonyl (C=O) groups excluding carboxylic acids is 2. The Hall–Kier alpha value is -2.47. The fraction of sp³-hybridized carbons (Fsp3) is 0.278. The van der Waals surface area contributed by atoms with Crippen LogP contribution < -0.4 is 5.32 Å². The van der Waals surface area contributed by atoms with Gasteiger partial charge in [-0.25, -0.2) is 4.98 Å². The minimum Gasteiger partial charge on any atom is -0.354 e. The van der Waals surface area contributed by atoms with Crippen molar-refractivity contribution in [2.24, 2.45) is 0 Å². The number of amides is 1. The van der Waals surface area contributed by atoms with Gasteiger partial charge in [-0.15, -0.1) is 0 Å². The summed E-state index contributed by atoms with van der Waals surface area (Å²) in [6.45, 7) is 3.86. The van der Waals surface area contributed by atoms with Gasteiger partial charge in [-0.3, -0.25) is 14.9 Å². The summed E-state index contributed by atoms with van der Waals surface area (Å²) in [5.74, 6) is -0.120. The minimum atomic E-state index is -0.245. The van der Waals surface area contributed by atoms with Crippen molar-refractivity contribution in [3.63, 3.8) is 0 Å². The number of carbonyl (C=O) groups is 2. The molecule has 0 atom stereocenters. The highest BCUT2D eigenvalue weighted by Crippen LogP contribution is 2.29.